The fourth-order valence-corrected chi connectivity index (χ4v) is 3.81. The second-order valence-electron chi connectivity index (χ2n) is 7.30. The number of benzene rings is 1. The second kappa shape index (κ2) is 8.19. The van der Waals surface area contributed by atoms with E-state index in [1.54, 1.807) is 4.68 Å². The number of amides is 1. The van der Waals surface area contributed by atoms with E-state index in [0.29, 0.717) is 11.9 Å². The van der Waals surface area contributed by atoms with Crippen molar-refractivity contribution in [2.45, 2.75) is 38.6 Å². The first-order chi connectivity index (χ1) is 13.2. The van der Waals surface area contributed by atoms with E-state index in [-0.39, 0.29) is 11.9 Å². The smallest absolute Gasteiger partial charge is 0.249 e. The molecular weight excluding hydrogens is 342 g/mol. The van der Waals surface area contributed by atoms with Crippen LogP contribution in [0.2, 0.25) is 0 Å². The minimum Gasteiger partial charge on any atom is -0.381 e. The highest BCUT2D eigenvalue weighted by Crippen LogP contribution is 2.24. The minimum atomic E-state index is -0.0680. The quantitative estimate of drug-likeness (QED) is 0.846. The van der Waals surface area contributed by atoms with Gasteiger partial charge in [0.1, 0.15) is 5.82 Å². The van der Waals surface area contributed by atoms with Gasteiger partial charge in [0.2, 0.25) is 11.9 Å². The van der Waals surface area contributed by atoms with E-state index < -0.39 is 0 Å². The molecular formula is C20H27N5O2. The van der Waals surface area contributed by atoms with Crippen molar-refractivity contribution in [1.82, 2.24) is 19.7 Å². The van der Waals surface area contributed by atoms with Crippen molar-refractivity contribution in [2.75, 3.05) is 31.6 Å². The highest BCUT2D eigenvalue weighted by Gasteiger charge is 2.36. The second-order valence-corrected chi connectivity index (χ2v) is 7.30. The number of carbonyl (C=O) groups is 1. The van der Waals surface area contributed by atoms with E-state index >= 15 is 0 Å². The zero-order valence-corrected chi connectivity index (χ0v) is 15.8. The molecule has 3 heterocycles. The van der Waals surface area contributed by atoms with Crippen LogP contribution in [0.1, 0.15) is 32.0 Å². The molecule has 0 bridgehead atoms. The van der Waals surface area contributed by atoms with E-state index in [0.717, 1.165) is 63.5 Å². The molecule has 0 spiro atoms. The average Bonchev–Trinajstić information content (AvgIpc) is 3.09. The summed E-state index contributed by atoms with van der Waals surface area (Å²) in [6.07, 6.45) is 3.83. The lowest BCUT2D eigenvalue weighted by Gasteiger charge is -2.42. The van der Waals surface area contributed by atoms with Crippen molar-refractivity contribution in [3.05, 3.63) is 36.2 Å². The topological polar surface area (TPSA) is 72.3 Å². The van der Waals surface area contributed by atoms with Crippen LogP contribution in [-0.2, 0) is 16.0 Å². The van der Waals surface area contributed by atoms with Crippen molar-refractivity contribution < 1.29 is 9.53 Å². The first-order valence-corrected chi connectivity index (χ1v) is 9.88. The van der Waals surface area contributed by atoms with E-state index in [2.05, 4.69) is 20.3 Å². The number of carbonyl (C=O) groups excluding carboxylic acids is 1. The Hall–Kier alpha value is -2.25. The summed E-state index contributed by atoms with van der Waals surface area (Å²) < 4.78 is 7.23. The Bertz CT molecular complexity index is 770. The molecule has 1 aromatic carbocycles. The van der Waals surface area contributed by atoms with Gasteiger partial charge in [0.15, 0.2) is 0 Å². The normalized spacial score (nSPS) is 21.0. The number of aromatic nitrogens is 3. The van der Waals surface area contributed by atoms with Gasteiger partial charge in [-0.05, 0) is 37.3 Å². The summed E-state index contributed by atoms with van der Waals surface area (Å²) in [6, 6.07) is 9.82. The van der Waals surface area contributed by atoms with E-state index in [9.17, 15) is 4.79 Å². The molecule has 2 aliphatic heterocycles. The lowest BCUT2D eigenvalue weighted by atomic mass is 9.94. The van der Waals surface area contributed by atoms with Crippen LogP contribution in [0.5, 0.6) is 0 Å². The molecule has 1 unspecified atom stereocenters. The van der Waals surface area contributed by atoms with Crippen molar-refractivity contribution in [2.24, 2.45) is 5.92 Å². The zero-order chi connectivity index (χ0) is 18.6. The Labute approximate surface area is 159 Å². The zero-order valence-electron chi connectivity index (χ0n) is 15.8. The van der Waals surface area contributed by atoms with Crippen LogP contribution in [0, 0.1) is 5.92 Å². The van der Waals surface area contributed by atoms with E-state index in [1.165, 1.54) is 0 Å². The van der Waals surface area contributed by atoms with Crippen molar-refractivity contribution in [3.8, 4) is 5.69 Å². The highest BCUT2D eigenvalue weighted by molar-refractivity contribution is 5.94. The molecule has 144 valence electrons. The molecule has 1 N–H and O–H groups in total. The highest BCUT2D eigenvalue weighted by atomic mass is 16.5. The Balaban J connectivity index is 1.40. The monoisotopic (exact) mass is 369 g/mol. The summed E-state index contributed by atoms with van der Waals surface area (Å²) >= 11 is 0. The number of aryl methyl sites for hydroxylation is 1. The van der Waals surface area contributed by atoms with Gasteiger partial charge >= 0.3 is 0 Å². The summed E-state index contributed by atoms with van der Waals surface area (Å²) in [5, 5.41) is 7.44. The van der Waals surface area contributed by atoms with Crippen molar-refractivity contribution in [3.63, 3.8) is 0 Å². The minimum absolute atomic E-state index is 0.00109. The number of anilines is 1. The molecule has 2 aliphatic rings. The van der Waals surface area contributed by atoms with Crippen LogP contribution in [-0.4, -0.2) is 57.9 Å². The number of hydrogen-bond donors (Lipinski definition) is 1. The van der Waals surface area contributed by atoms with E-state index in [4.69, 9.17) is 4.74 Å². The average molecular weight is 369 g/mol. The molecule has 2 aromatic rings. The van der Waals surface area contributed by atoms with Gasteiger partial charge in [-0.3, -0.25) is 15.0 Å². The Morgan fingerprint density at radius 2 is 2.00 bits per heavy atom. The first kappa shape index (κ1) is 18.1. The van der Waals surface area contributed by atoms with Gasteiger partial charge in [0, 0.05) is 32.7 Å². The maximum Gasteiger partial charge on any atom is 0.249 e. The molecule has 7 heteroatoms. The van der Waals surface area contributed by atoms with Gasteiger partial charge in [-0.15, -0.1) is 5.10 Å². The van der Waals surface area contributed by atoms with Gasteiger partial charge in [-0.1, -0.05) is 25.1 Å². The van der Waals surface area contributed by atoms with E-state index in [1.807, 2.05) is 37.3 Å². The van der Waals surface area contributed by atoms with Gasteiger partial charge in [-0.25, -0.2) is 4.68 Å². The lowest BCUT2D eigenvalue weighted by molar-refractivity contribution is -0.126. The van der Waals surface area contributed by atoms with Gasteiger partial charge in [-0.2, -0.15) is 4.98 Å². The van der Waals surface area contributed by atoms with Crippen LogP contribution in [0.3, 0.4) is 0 Å². The number of nitrogens with one attached hydrogen (secondary N) is 1. The van der Waals surface area contributed by atoms with Gasteiger partial charge < -0.3 is 4.74 Å². The molecule has 7 nitrogen and oxygen atoms in total. The lowest BCUT2D eigenvalue weighted by Crippen LogP contribution is -2.56. The third-order valence-electron chi connectivity index (χ3n) is 5.49. The fraction of sp³-hybridized carbons (Fsp3) is 0.550. The SMILES string of the molecule is CCc1nc(NC(=O)C2CCN2CC2CCOCC2)nn1-c1ccccc1. The molecule has 0 aliphatic carbocycles. The largest absolute Gasteiger partial charge is 0.381 e. The third-order valence-corrected chi connectivity index (χ3v) is 5.49. The summed E-state index contributed by atoms with van der Waals surface area (Å²) in [5.74, 6) is 1.86. The number of nitrogens with zero attached hydrogens (tertiary/aromatic N) is 4. The molecule has 27 heavy (non-hydrogen) atoms. The maximum atomic E-state index is 12.7. The standard InChI is InChI=1S/C20H27N5O2/c1-2-18-21-20(23-25(18)16-6-4-3-5-7-16)22-19(26)17-8-11-24(17)14-15-9-12-27-13-10-15/h3-7,15,17H,2,8-14H2,1H3,(H,22,23,26). The molecule has 1 amide bonds. The van der Waals surface area contributed by atoms with Crippen LogP contribution in [0.4, 0.5) is 5.95 Å². The maximum absolute atomic E-state index is 12.7. The predicted octanol–water partition coefficient (Wildman–Crippen LogP) is 2.27. The predicted molar refractivity (Wildman–Crippen MR) is 103 cm³/mol. The summed E-state index contributed by atoms with van der Waals surface area (Å²) in [4.78, 5) is 19.5. The summed E-state index contributed by atoms with van der Waals surface area (Å²) in [5.41, 5.74) is 0.951. The van der Waals surface area contributed by atoms with Crippen molar-refractivity contribution in [1.29, 1.82) is 0 Å². The molecule has 2 fully saturated rings. The first-order valence-electron chi connectivity index (χ1n) is 9.88. The molecule has 0 saturated carbocycles. The Kier molecular flexibility index (Phi) is 5.50. The number of para-hydroxylation sites is 1. The van der Waals surface area contributed by atoms with Gasteiger partial charge in [0.25, 0.3) is 0 Å². The Morgan fingerprint density at radius 3 is 2.67 bits per heavy atom. The van der Waals surface area contributed by atoms with Crippen LogP contribution in [0.25, 0.3) is 5.69 Å². The number of likely N-dealkylation sites (tertiary alicyclic amines) is 1. The fourth-order valence-electron chi connectivity index (χ4n) is 3.81. The van der Waals surface area contributed by atoms with Gasteiger partial charge in [0.05, 0.1) is 11.7 Å². The van der Waals surface area contributed by atoms with Crippen LogP contribution in [0.15, 0.2) is 30.3 Å². The van der Waals surface area contributed by atoms with Crippen molar-refractivity contribution >= 4 is 11.9 Å². The molecule has 1 aromatic heterocycles. The van der Waals surface area contributed by atoms with Crippen LogP contribution < -0.4 is 5.32 Å². The third kappa shape index (κ3) is 4.04. The molecule has 1 atom stereocenters. The summed E-state index contributed by atoms with van der Waals surface area (Å²) in [6.45, 7) is 5.69. The molecule has 0 radical (unpaired) electrons. The summed E-state index contributed by atoms with van der Waals surface area (Å²) in [7, 11) is 0. The van der Waals surface area contributed by atoms with Crippen LogP contribution >= 0.6 is 0 Å². The Morgan fingerprint density at radius 1 is 1.22 bits per heavy atom. The molecule has 4 rings (SSSR count). The number of hydrogen-bond acceptors (Lipinski definition) is 5. The number of rotatable bonds is 6. The molecule has 2 saturated heterocycles. The number of ether oxygens (including phenoxy) is 1.